The molecule has 1 heterocycles. The molecule has 0 radical (unpaired) electrons. The number of anilines is 1. The minimum atomic E-state index is -0.662. The molecular weight excluding hydrogens is 394 g/mol. The summed E-state index contributed by atoms with van der Waals surface area (Å²) in [4.78, 5) is 27.9. The zero-order valence-electron chi connectivity index (χ0n) is 17.7. The molecule has 3 aromatic rings. The lowest BCUT2D eigenvalue weighted by molar-refractivity contribution is -0.115. The maximum Gasteiger partial charge on any atom is 0.408 e. The quantitative estimate of drug-likeness (QED) is 0.587. The molecule has 0 aliphatic heterocycles. The number of ether oxygens (including phenoxy) is 2. The molecular formula is C24H25N3O4. The number of hydrogen-bond donors (Lipinski definition) is 2. The minimum Gasteiger partial charge on any atom is -0.457 e. The summed E-state index contributed by atoms with van der Waals surface area (Å²) in [5, 5.41) is 5.04. The largest absolute Gasteiger partial charge is 0.457 e. The number of alkyl carbamates (subject to hydrolysis) is 1. The molecule has 0 aliphatic carbocycles. The Kier molecular flexibility index (Phi) is 6.87. The molecule has 7 heteroatoms. The monoisotopic (exact) mass is 419 g/mol. The van der Waals surface area contributed by atoms with Crippen molar-refractivity contribution in [3.8, 4) is 22.6 Å². The first-order valence-corrected chi connectivity index (χ1v) is 9.85. The standard InChI is InChI=1S/C24H25N3O4/c1-24(2,3)31-23(29)26-16-22(28)27-21-15-18(13-14-25-21)30-20-12-8-7-11-19(20)17-9-5-4-6-10-17/h4-15H,16H2,1-3H3,(H,26,29)(H,25,27,28). The van der Waals surface area contributed by atoms with Crippen LogP contribution in [0.15, 0.2) is 72.9 Å². The maximum absolute atomic E-state index is 12.1. The van der Waals surface area contributed by atoms with E-state index < -0.39 is 17.6 Å². The fourth-order valence-electron chi connectivity index (χ4n) is 2.74. The Morgan fingerprint density at radius 2 is 1.68 bits per heavy atom. The van der Waals surface area contributed by atoms with Gasteiger partial charge in [0.2, 0.25) is 5.91 Å². The van der Waals surface area contributed by atoms with Gasteiger partial charge in [-0.1, -0.05) is 48.5 Å². The number of nitrogens with zero attached hydrogens (tertiary/aromatic N) is 1. The predicted molar refractivity (Wildman–Crippen MR) is 119 cm³/mol. The van der Waals surface area contributed by atoms with Gasteiger partial charge in [-0.3, -0.25) is 4.79 Å². The summed E-state index contributed by atoms with van der Waals surface area (Å²) in [6.07, 6.45) is 0.877. The fourth-order valence-corrected chi connectivity index (χ4v) is 2.74. The van der Waals surface area contributed by atoms with Crippen LogP contribution in [-0.4, -0.2) is 29.1 Å². The van der Waals surface area contributed by atoms with Crippen molar-refractivity contribution in [3.05, 3.63) is 72.9 Å². The van der Waals surface area contributed by atoms with Gasteiger partial charge in [-0.05, 0) is 38.5 Å². The van der Waals surface area contributed by atoms with Crippen molar-refractivity contribution in [2.24, 2.45) is 0 Å². The highest BCUT2D eigenvalue weighted by Gasteiger charge is 2.17. The first kappa shape index (κ1) is 21.8. The zero-order chi connectivity index (χ0) is 22.3. The summed E-state index contributed by atoms with van der Waals surface area (Å²) >= 11 is 0. The Morgan fingerprint density at radius 3 is 2.42 bits per heavy atom. The Labute approximate surface area is 181 Å². The first-order chi connectivity index (χ1) is 14.8. The van der Waals surface area contributed by atoms with E-state index in [-0.39, 0.29) is 6.54 Å². The van der Waals surface area contributed by atoms with Gasteiger partial charge in [0.05, 0.1) is 0 Å². The molecule has 2 amide bonds. The Bertz CT molecular complexity index is 1050. The minimum absolute atomic E-state index is 0.238. The zero-order valence-corrected chi connectivity index (χ0v) is 17.7. The number of rotatable bonds is 6. The summed E-state index contributed by atoms with van der Waals surface area (Å²) < 4.78 is 11.2. The molecule has 160 valence electrons. The third-order valence-electron chi connectivity index (χ3n) is 3.99. The molecule has 0 spiro atoms. The topological polar surface area (TPSA) is 89.5 Å². The van der Waals surface area contributed by atoms with Gasteiger partial charge in [0.15, 0.2) is 0 Å². The van der Waals surface area contributed by atoms with E-state index in [1.165, 1.54) is 6.20 Å². The van der Waals surface area contributed by atoms with Crippen LogP contribution in [-0.2, 0) is 9.53 Å². The van der Waals surface area contributed by atoms with Crippen LogP contribution in [0.3, 0.4) is 0 Å². The van der Waals surface area contributed by atoms with Crippen LogP contribution in [0.4, 0.5) is 10.6 Å². The van der Waals surface area contributed by atoms with Gasteiger partial charge in [-0.25, -0.2) is 9.78 Å². The van der Waals surface area contributed by atoms with Crippen molar-refractivity contribution in [2.75, 3.05) is 11.9 Å². The average Bonchev–Trinajstić information content (AvgIpc) is 2.72. The Balaban J connectivity index is 1.64. The lowest BCUT2D eigenvalue weighted by atomic mass is 10.1. The van der Waals surface area contributed by atoms with Crippen molar-refractivity contribution in [2.45, 2.75) is 26.4 Å². The molecule has 2 aromatic carbocycles. The van der Waals surface area contributed by atoms with Crippen molar-refractivity contribution in [3.63, 3.8) is 0 Å². The van der Waals surface area contributed by atoms with Crippen molar-refractivity contribution >= 4 is 17.8 Å². The predicted octanol–water partition coefficient (Wildman–Crippen LogP) is 5.00. The van der Waals surface area contributed by atoms with Crippen LogP contribution >= 0.6 is 0 Å². The molecule has 3 rings (SSSR count). The van der Waals surface area contributed by atoms with Crippen molar-refractivity contribution in [1.29, 1.82) is 0 Å². The van der Waals surface area contributed by atoms with Crippen molar-refractivity contribution in [1.82, 2.24) is 10.3 Å². The second kappa shape index (κ2) is 9.75. The summed E-state index contributed by atoms with van der Waals surface area (Å²) in [5.41, 5.74) is 1.35. The lowest BCUT2D eigenvalue weighted by Gasteiger charge is -2.19. The van der Waals surface area contributed by atoms with Gasteiger partial charge in [0, 0.05) is 17.8 Å². The van der Waals surface area contributed by atoms with E-state index in [1.807, 2.05) is 54.6 Å². The van der Waals surface area contributed by atoms with Gasteiger partial charge in [-0.2, -0.15) is 0 Å². The normalized spacial score (nSPS) is 10.8. The van der Waals surface area contributed by atoms with Crippen LogP contribution in [0, 0.1) is 0 Å². The summed E-state index contributed by atoms with van der Waals surface area (Å²) in [7, 11) is 0. The number of pyridine rings is 1. The molecule has 1 aromatic heterocycles. The number of para-hydroxylation sites is 1. The highest BCUT2D eigenvalue weighted by atomic mass is 16.6. The molecule has 0 saturated carbocycles. The third kappa shape index (κ3) is 6.85. The SMILES string of the molecule is CC(C)(C)OC(=O)NCC(=O)Nc1cc(Oc2ccccc2-c2ccccc2)ccn1. The number of carbonyl (C=O) groups excluding carboxylic acids is 2. The molecule has 0 atom stereocenters. The summed E-state index contributed by atoms with van der Waals surface area (Å²) in [6, 6.07) is 21.0. The van der Waals surface area contributed by atoms with Gasteiger partial charge in [-0.15, -0.1) is 0 Å². The Hall–Kier alpha value is -3.87. The highest BCUT2D eigenvalue weighted by Crippen LogP contribution is 2.33. The van der Waals surface area contributed by atoms with Crippen LogP contribution in [0.1, 0.15) is 20.8 Å². The van der Waals surface area contributed by atoms with Gasteiger partial charge in [0.25, 0.3) is 0 Å². The summed E-state index contributed by atoms with van der Waals surface area (Å²) in [5.74, 6) is 1.09. The second-order valence-corrected chi connectivity index (χ2v) is 7.74. The molecule has 0 unspecified atom stereocenters. The molecule has 0 fully saturated rings. The summed E-state index contributed by atoms with van der Waals surface area (Å²) in [6.45, 7) is 5.01. The molecule has 2 N–H and O–H groups in total. The van der Waals surface area contributed by atoms with Crippen molar-refractivity contribution < 1.29 is 19.1 Å². The smallest absolute Gasteiger partial charge is 0.408 e. The number of aromatic nitrogens is 1. The highest BCUT2D eigenvalue weighted by molar-refractivity contribution is 5.93. The molecule has 7 nitrogen and oxygen atoms in total. The van der Waals surface area contributed by atoms with Gasteiger partial charge < -0.3 is 20.1 Å². The molecule has 31 heavy (non-hydrogen) atoms. The number of amides is 2. The number of carbonyl (C=O) groups is 2. The molecule has 0 bridgehead atoms. The van der Waals surface area contributed by atoms with Gasteiger partial charge >= 0.3 is 6.09 Å². The Morgan fingerprint density at radius 1 is 0.968 bits per heavy atom. The molecule has 0 saturated heterocycles. The van der Waals surface area contributed by atoms with Crippen LogP contribution in [0.5, 0.6) is 11.5 Å². The van der Waals surface area contributed by atoms with E-state index in [4.69, 9.17) is 9.47 Å². The van der Waals surface area contributed by atoms with Crippen LogP contribution < -0.4 is 15.4 Å². The number of nitrogens with one attached hydrogen (secondary N) is 2. The van der Waals surface area contributed by atoms with E-state index in [2.05, 4.69) is 15.6 Å². The first-order valence-electron chi connectivity index (χ1n) is 9.85. The lowest BCUT2D eigenvalue weighted by Crippen LogP contribution is -2.37. The van der Waals surface area contributed by atoms with Crippen LogP contribution in [0.2, 0.25) is 0 Å². The second-order valence-electron chi connectivity index (χ2n) is 7.74. The third-order valence-corrected chi connectivity index (χ3v) is 3.99. The fraction of sp³-hybridized carbons (Fsp3) is 0.208. The maximum atomic E-state index is 12.1. The number of benzene rings is 2. The van der Waals surface area contributed by atoms with E-state index in [0.29, 0.717) is 17.3 Å². The number of hydrogen-bond acceptors (Lipinski definition) is 5. The average molecular weight is 419 g/mol. The van der Waals surface area contributed by atoms with E-state index >= 15 is 0 Å². The van der Waals surface area contributed by atoms with E-state index in [9.17, 15) is 9.59 Å². The van der Waals surface area contributed by atoms with Gasteiger partial charge in [0.1, 0.15) is 29.5 Å². The van der Waals surface area contributed by atoms with Crippen LogP contribution in [0.25, 0.3) is 11.1 Å². The molecule has 0 aliphatic rings. The van der Waals surface area contributed by atoms with E-state index in [1.54, 1.807) is 32.9 Å². The van der Waals surface area contributed by atoms with E-state index in [0.717, 1.165) is 11.1 Å².